The fourth-order valence-electron chi connectivity index (χ4n) is 2.00. The number of carboxylic acid groups (broad SMARTS) is 1. The van der Waals surface area contributed by atoms with Gasteiger partial charge in [-0.3, -0.25) is 4.79 Å². The number of hydrogen-bond donors (Lipinski definition) is 1. The van der Waals surface area contributed by atoms with Gasteiger partial charge < -0.3 is 5.11 Å². The Morgan fingerprint density at radius 1 is 1.22 bits per heavy atom. The topological polar surface area (TPSA) is 37.3 Å². The minimum Gasteiger partial charge on any atom is -0.481 e. The van der Waals surface area contributed by atoms with E-state index in [0.29, 0.717) is 0 Å². The molecule has 1 heterocycles. The van der Waals surface area contributed by atoms with Gasteiger partial charge in [0.15, 0.2) is 0 Å². The Hall–Kier alpha value is -1.13. The van der Waals surface area contributed by atoms with E-state index in [2.05, 4.69) is 15.9 Å². The van der Waals surface area contributed by atoms with Gasteiger partial charge >= 0.3 is 5.97 Å². The number of benzene rings is 1. The number of carboxylic acids is 1. The predicted molar refractivity (Wildman–Crippen MR) is 77.1 cm³/mol. The lowest BCUT2D eigenvalue weighted by Gasteiger charge is -2.20. The third-order valence-corrected chi connectivity index (χ3v) is 4.66. The van der Waals surface area contributed by atoms with Crippen molar-refractivity contribution in [2.24, 2.45) is 5.92 Å². The van der Waals surface area contributed by atoms with E-state index in [9.17, 15) is 9.90 Å². The first-order valence-electron chi connectivity index (χ1n) is 5.62. The molecule has 2 rings (SSSR count). The number of rotatable bonds is 4. The summed E-state index contributed by atoms with van der Waals surface area (Å²) in [5, 5.41) is 9.27. The molecule has 2 atom stereocenters. The zero-order valence-corrected chi connectivity index (χ0v) is 12.2. The van der Waals surface area contributed by atoms with Crippen LogP contribution in [-0.4, -0.2) is 11.1 Å². The van der Waals surface area contributed by atoms with Crippen molar-refractivity contribution < 1.29 is 9.90 Å². The summed E-state index contributed by atoms with van der Waals surface area (Å²) < 4.78 is 1.02. The van der Waals surface area contributed by atoms with Crippen molar-refractivity contribution in [1.82, 2.24) is 0 Å². The average molecular weight is 325 g/mol. The highest BCUT2D eigenvalue weighted by Gasteiger charge is 2.27. The van der Waals surface area contributed by atoms with E-state index in [1.54, 1.807) is 18.3 Å². The molecule has 0 radical (unpaired) electrons. The van der Waals surface area contributed by atoms with Crippen molar-refractivity contribution in [3.8, 4) is 0 Å². The number of carbonyl (C=O) groups is 1. The maximum absolute atomic E-state index is 11.3. The molecule has 1 aromatic heterocycles. The maximum Gasteiger partial charge on any atom is 0.307 e. The molecular formula is C14H13BrO2S. The predicted octanol–water partition coefficient (Wildman–Crippen LogP) is 4.36. The summed E-state index contributed by atoms with van der Waals surface area (Å²) in [5.74, 6) is -1.31. The highest BCUT2D eigenvalue weighted by molar-refractivity contribution is 9.11. The molecule has 1 N–H and O–H groups in total. The van der Waals surface area contributed by atoms with E-state index in [-0.39, 0.29) is 5.92 Å². The number of halogens is 1. The lowest BCUT2D eigenvalue weighted by atomic mass is 9.86. The molecule has 0 amide bonds. The van der Waals surface area contributed by atoms with Gasteiger partial charge in [-0.05, 0) is 33.6 Å². The van der Waals surface area contributed by atoms with E-state index in [1.165, 1.54) is 0 Å². The SMILES string of the molecule is C[C@H](C(=O)O)[C@@H](c1ccccc1)c1ccc(Br)s1. The number of thiophene rings is 1. The Kier molecular flexibility index (Phi) is 4.19. The van der Waals surface area contributed by atoms with Gasteiger partial charge in [-0.1, -0.05) is 37.3 Å². The van der Waals surface area contributed by atoms with Crippen LogP contribution < -0.4 is 0 Å². The molecule has 0 unspecified atom stereocenters. The first kappa shape index (κ1) is 13.3. The van der Waals surface area contributed by atoms with Gasteiger partial charge in [-0.25, -0.2) is 0 Å². The average Bonchev–Trinajstić information content (AvgIpc) is 2.77. The Balaban J connectivity index is 2.44. The van der Waals surface area contributed by atoms with E-state index >= 15 is 0 Å². The van der Waals surface area contributed by atoms with Crippen LogP contribution in [0.5, 0.6) is 0 Å². The summed E-state index contributed by atoms with van der Waals surface area (Å²) in [6, 6.07) is 13.8. The molecule has 94 valence electrons. The molecular weight excluding hydrogens is 312 g/mol. The third-order valence-electron chi connectivity index (χ3n) is 2.95. The maximum atomic E-state index is 11.3. The van der Waals surface area contributed by atoms with E-state index in [0.717, 1.165) is 14.2 Å². The van der Waals surface area contributed by atoms with Crippen LogP contribution in [0.4, 0.5) is 0 Å². The number of hydrogen-bond acceptors (Lipinski definition) is 2. The van der Waals surface area contributed by atoms with Crippen LogP contribution in [0, 0.1) is 5.92 Å². The number of aliphatic carboxylic acids is 1. The van der Waals surface area contributed by atoms with Gasteiger partial charge in [0, 0.05) is 10.8 Å². The first-order chi connectivity index (χ1) is 8.59. The summed E-state index contributed by atoms with van der Waals surface area (Å²) in [4.78, 5) is 12.4. The van der Waals surface area contributed by atoms with Gasteiger partial charge in [-0.15, -0.1) is 11.3 Å². The fraction of sp³-hybridized carbons (Fsp3) is 0.214. The van der Waals surface area contributed by atoms with Crippen LogP contribution in [-0.2, 0) is 4.79 Å². The summed E-state index contributed by atoms with van der Waals surface area (Å²) in [7, 11) is 0. The van der Waals surface area contributed by atoms with Crippen LogP contribution in [0.2, 0.25) is 0 Å². The second-order valence-electron chi connectivity index (χ2n) is 4.16. The van der Waals surface area contributed by atoms with Crippen molar-refractivity contribution >= 4 is 33.2 Å². The molecule has 2 aromatic rings. The summed E-state index contributed by atoms with van der Waals surface area (Å²) in [6.45, 7) is 1.76. The van der Waals surface area contributed by atoms with E-state index in [1.807, 2.05) is 42.5 Å². The molecule has 0 aliphatic rings. The van der Waals surface area contributed by atoms with E-state index < -0.39 is 11.9 Å². The molecule has 0 aliphatic carbocycles. The molecule has 0 saturated heterocycles. The highest BCUT2D eigenvalue weighted by Crippen LogP contribution is 2.37. The molecule has 18 heavy (non-hydrogen) atoms. The molecule has 2 nitrogen and oxygen atoms in total. The molecule has 0 saturated carbocycles. The van der Waals surface area contributed by atoms with Crippen LogP contribution in [0.15, 0.2) is 46.3 Å². The van der Waals surface area contributed by atoms with Crippen LogP contribution in [0.1, 0.15) is 23.3 Å². The second-order valence-corrected chi connectivity index (χ2v) is 6.65. The van der Waals surface area contributed by atoms with Gasteiger partial charge in [-0.2, -0.15) is 0 Å². The minimum absolute atomic E-state index is 0.0972. The smallest absolute Gasteiger partial charge is 0.307 e. The zero-order chi connectivity index (χ0) is 13.1. The quantitative estimate of drug-likeness (QED) is 0.907. The van der Waals surface area contributed by atoms with Crippen molar-refractivity contribution in [3.63, 3.8) is 0 Å². The Bertz CT molecular complexity index is 536. The van der Waals surface area contributed by atoms with E-state index in [4.69, 9.17) is 0 Å². The molecule has 4 heteroatoms. The van der Waals surface area contributed by atoms with Gasteiger partial charge in [0.25, 0.3) is 0 Å². The van der Waals surface area contributed by atoms with Gasteiger partial charge in [0.05, 0.1) is 9.70 Å². The highest BCUT2D eigenvalue weighted by atomic mass is 79.9. The van der Waals surface area contributed by atoms with Crippen molar-refractivity contribution in [1.29, 1.82) is 0 Å². The summed E-state index contributed by atoms with van der Waals surface area (Å²) in [6.07, 6.45) is 0. The minimum atomic E-state index is -0.770. The Morgan fingerprint density at radius 2 is 1.89 bits per heavy atom. The first-order valence-corrected chi connectivity index (χ1v) is 7.23. The van der Waals surface area contributed by atoms with Crippen molar-refractivity contribution in [2.75, 3.05) is 0 Å². The largest absolute Gasteiger partial charge is 0.481 e. The van der Waals surface area contributed by atoms with Crippen molar-refractivity contribution in [3.05, 3.63) is 56.7 Å². The van der Waals surface area contributed by atoms with Crippen LogP contribution in [0.25, 0.3) is 0 Å². The second kappa shape index (κ2) is 5.67. The monoisotopic (exact) mass is 324 g/mol. The fourth-order valence-corrected chi connectivity index (χ4v) is 3.66. The zero-order valence-electron chi connectivity index (χ0n) is 9.84. The van der Waals surface area contributed by atoms with Crippen molar-refractivity contribution in [2.45, 2.75) is 12.8 Å². The molecule has 0 spiro atoms. The molecule has 1 aromatic carbocycles. The van der Waals surface area contributed by atoms with Gasteiger partial charge in [0.1, 0.15) is 0 Å². The normalized spacial score (nSPS) is 14.1. The lowest BCUT2D eigenvalue weighted by Crippen LogP contribution is -2.19. The lowest BCUT2D eigenvalue weighted by molar-refractivity contribution is -0.141. The molecule has 0 aliphatic heterocycles. The third kappa shape index (κ3) is 2.82. The Labute approximate surface area is 118 Å². The molecule has 0 bridgehead atoms. The molecule has 0 fully saturated rings. The van der Waals surface area contributed by atoms with Crippen LogP contribution in [0.3, 0.4) is 0 Å². The van der Waals surface area contributed by atoms with Gasteiger partial charge in [0.2, 0.25) is 0 Å². The Morgan fingerprint density at radius 3 is 2.39 bits per heavy atom. The standard InChI is InChI=1S/C14H13BrO2S/c1-9(14(16)17)13(10-5-3-2-4-6-10)11-7-8-12(15)18-11/h2-9,13H,1H3,(H,16,17)/t9-,13-/m0/s1. The summed E-state index contributed by atoms with van der Waals surface area (Å²) >= 11 is 5.02. The summed E-state index contributed by atoms with van der Waals surface area (Å²) in [5.41, 5.74) is 1.04. The van der Waals surface area contributed by atoms with Crippen LogP contribution >= 0.6 is 27.3 Å².